The summed E-state index contributed by atoms with van der Waals surface area (Å²) < 4.78 is 21.1. The van der Waals surface area contributed by atoms with Crippen LogP contribution in [0.2, 0.25) is 0 Å². The minimum absolute atomic E-state index is 0.110. The highest BCUT2D eigenvalue weighted by Gasteiger charge is 2.49. The maximum Gasteiger partial charge on any atom is 0.222 e. The van der Waals surface area contributed by atoms with Crippen LogP contribution in [0, 0.1) is 19.7 Å². The first kappa shape index (κ1) is 31.5. The first-order chi connectivity index (χ1) is 22.5. The van der Waals surface area contributed by atoms with Crippen molar-refractivity contribution in [2.45, 2.75) is 97.9 Å². The normalized spacial score (nSPS) is 15.5. The first-order valence-electron chi connectivity index (χ1n) is 17.7. The SMILES string of the molecule is CCCCc1ccc2c3c4[n+](ccc13)C(CC)(CC)C(Cc1ccc(C)cc1-c1cc(C)cc[n+]1C)=Cc1ccc(F)c(c1-4)C2(C)C. The molecular formula is C44H49FN2+2. The summed E-state index contributed by atoms with van der Waals surface area (Å²) in [7, 11) is 2.14. The van der Waals surface area contributed by atoms with E-state index in [0.717, 1.165) is 55.2 Å². The summed E-state index contributed by atoms with van der Waals surface area (Å²) in [5, 5.41) is 2.64. The van der Waals surface area contributed by atoms with Crippen LogP contribution in [0.1, 0.15) is 99.2 Å². The van der Waals surface area contributed by atoms with Crippen LogP contribution in [-0.2, 0) is 30.8 Å². The van der Waals surface area contributed by atoms with Crippen molar-refractivity contribution in [1.82, 2.24) is 0 Å². The number of hydrogen-bond donors (Lipinski definition) is 0. The standard InChI is InChI=1S/C44H49FN2/c1-9-12-13-30-16-18-36-40-34(30)21-23-47-42(40)39-32(17-19-37(45)41(39)43(36,6)7)27-33(44(47,10-2)11-3)26-31-15-14-28(4)24-35(31)38-25-29(5)20-22-46(38)8/h14-25,27H,9-13,26H2,1-8H3/q+2. The predicted octanol–water partition coefficient (Wildman–Crippen LogP) is 10.2. The summed E-state index contributed by atoms with van der Waals surface area (Å²) in [6.45, 7) is 15.7. The number of unbranched alkanes of at least 4 members (excludes halogenated alkanes) is 1. The molecule has 2 aliphatic rings. The lowest BCUT2D eigenvalue weighted by Gasteiger charge is -2.36. The lowest BCUT2D eigenvalue weighted by atomic mass is 9.68. The molecule has 0 spiro atoms. The van der Waals surface area contributed by atoms with Gasteiger partial charge in [0, 0.05) is 59.6 Å². The Morgan fingerprint density at radius 3 is 2.30 bits per heavy atom. The predicted molar refractivity (Wildman–Crippen MR) is 193 cm³/mol. The van der Waals surface area contributed by atoms with Crippen molar-refractivity contribution in [3.8, 4) is 22.5 Å². The molecule has 0 saturated carbocycles. The average Bonchev–Trinajstić information content (AvgIpc) is 3.17. The smallest absolute Gasteiger partial charge is 0.207 e. The van der Waals surface area contributed by atoms with Crippen LogP contribution in [0.4, 0.5) is 4.39 Å². The molecule has 2 nitrogen and oxygen atoms in total. The van der Waals surface area contributed by atoms with Gasteiger partial charge in [0.15, 0.2) is 17.9 Å². The van der Waals surface area contributed by atoms with Crippen molar-refractivity contribution in [1.29, 1.82) is 0 Å². The third-order valence-corrected chi connectivity index (χ3v) is 11.5. The van der Waals surface area contributed by atoms with Gasteiger partial charge in [0.05, 0.1) is 10.9 Å². The second kappa shape index (κ2) is 11.5. The molecule has 0 N–H and O–H groups in total. The molecule has 0 radical (unpaired) electrons. The molecule has 0 saturated heterocycles. The van der Waals surface area contributed by atoms with Crippen molar-refractivity contribution in [2.24, 2.45) is 7.05 Å². The van der Waals surface area contributed by atoms with Gasteiger partial charge in [-0.05, 0) is 78.1 Å². The van der Waals surface area contributed by atoms with Crippen molar-refractivity contribution in [3.63, 3.8) is 0 Å². The van der Waals surface area contributed by atoms with E-state index in [9.17, 15) is 0 Å². The molecule has 3 heterocycles. The van der Waals surface area contributed by atoms with Gasteiger partial charge in [0.2, 0.25) is 11.4 Å². The highest BCUT2D eigenvalue weighted by Crippen LogP contribution is 2.53. The highest BCUT2D eigenvalue weighted by atomic mass is 19.1. The lowest BCUT2D eigenvalue weighted by Crippen LogP contribution is -2.58. The maximum atomic E-state index is 16.3. The molecule has 47 heavy (non-hydrogen) atoms. The molecular weight excluding hydrogens is 575 g/mol. The fourth-order valence-corrected chi connectivity index (χ4v) is 8.84. The van der Waals surface area contributed by atoms with Crippen molar-refractivity contribution in [3.05, 3.63) is 123 Å². The van der Waals surface area contributed by atoms with E-state index in [1.54, 1.807) is 6.07 Å². The molecule has 0 atom stereocenters. The van der Waals surface area contributed by atoms with E-state index >= 15 is 4.39 Å². The number of hydrogen-bond acceptors (Lipinski definition) is 0. The zero-order chi connectivity index (χ0) is 33.2. The zero-order valence-corrected chi connectivity index (χ0v) is 29.5. The van der Waals surface area contributed by atoms with Gasteiger partial charge in [0.25, 0.3) is 0 Å². The monoisotopic (exact) mass is 624 g/mol. The fourth-order valence-electron chi connectivity index (χ4n) is 8.84. The first-order valence-corrected chi connectivity index (χ1v) is 17.7. The van der Waals surface area contributed by atoms with Crippen molar-refractivity contribution in [2.75, 3.05) is 0 Å². The average molecular weight is 625 g/mol. The van der Waals surface area contributed by atoms with E-state index in [2.05, 4.69) is 132 Å². The number of nitrogens with zero attached hydrogens (tertiary/aromatic N) is 2. The van der Waals surface area contributed by atoms with Gasteiger partial charge in [-0.1, -0.05) is 76.9 Å². The van der Waals surface area contributed by atoms with Gasteiger partial charge in [-0.3, -0.25) is 0 Å². The van der Waals surface area contributed by atoms with Crippen LogP contribution in [0.25, 0.3) is 39.4 Å². The Morgan fingerprint density at radius 1 is 0.809 bits per heavy atom. The number of aromatic nitrogens is 2. The molecule has 3 heteroatoms. The Balaban J connectivity index is 1.55. The minimum atomic E-state index is -0.466. The minimum Gasteiger partial charge on any atom is -0.207 e. The number of benzene rings is 3. The topological polar surface area (TPSA) is 7.76 Å². The van der Waals surface area contributed by atoms with Crippen LogP contribution < -0.4 is 9.13 Å². The van der Waals surface area contributed by atoms with Crippen molar-refractivity contribution < 1.29 is 13.5 Å². The number of pyridine rings is 2. The molecule has 1 aliphatic carbocycles. The highest BCUT2D eigenvalue weighted by molar-refractivity contribution is 6.03. The molecule has 2 aromatic heterocycles. The van der Waals surface area contributed by atoms with Gasteiger partial charge in [-0.15, -0.1) is 0 Å². The summed E-state index contributed by atoms with van der Waals surface area (Å²) in [5.41, 5.74) is 13.9. The summed E-state index contributed by atoms with van der Waals surface area (Å²) in [5.74, 6) is -0.110. The number of rotatable bonds is 8. The van der Waals surface area contributed by atoms with Gasteiger partial charge in [-0.25, -0.2) is 8.96 Å². The van der Waals surface area contributed by atoms with Crippen LogP contribution in [0.15, 0.2) is 78.6 Å². The quantitative estimate of drug-likeness (QED) is 0.152. The van der Waals surface area contributed by atoms with Crippen LogP contribution in [-0.4, -0.2) is 0 Å². The Hall–Kier alpha value is -4.11. The van der Waals surface area contributed by atoms with E-state index in [-0.39, 0.29) is 11.4 Å². The number of halogens is 1. The van der Waals surface area contributed by atoms with Gasteiger partial charge in [-0.2, -0.15) is 4.57 Å². The molecule has 5 aromatic rings. The summed E-state index contributed by atoms with van der Waals surface area (Å²) in [6, 6.07) is 22.1. The second-order valence-electron chi connectivity index (χ2n) is 14.7. The largest absolute Gasteiger partial charge is 0.222 e. The lowest BCUT2D eigenvalue weighted by molar-refractivity contribution is -0.745. The Labute approximate surface area is 280 Å². The third-order valence-electron chi connectivity index (χ3n) is 11.5. The Kier molecular flexibility index (Phi) is 7.73. The summed E-state index contributed by atoms with van der Waals surface area (Å²) >= 11 is 0. The van der Waals surface area contributed by atoms with Crippen LogP contribution in [0.5, 0.6) is 0 Å². The van der Waals surface area contributed by atoms with E-state index in [4.69, 9.17) is 0 Å². The van der Waals surface area contributed by atoms with Crippen molar-refractivity contribution >= 4 is 16.8 Å². The Bertz CT molecular complexity index is 2090. The molecule has 0 fully saturated rings. The Morgan fingerprint density at radius 2 is 1.55 bits per heavy atom. The molecule has 0 unspecified atom stereocenters. The third kappa shape index (κ3) is 4.72. The molecule has 0 bridgehead atoms. The zero-order valence-electron chi connectivity index (χ0n) is 29.5. The van der Waals surface area contributed by atoms with Crippen LogP contribution in [0.3, 0.4) is 0 Å². The summed E-state index contributed by atoms with van der Waals surface area (Å²) in [6.07, 6.45) is 13.0. The molecule has 240 valence electrons. The number of allylic oxidation sites excluding steroid dienone is 1. The van der Waals surface area contributed by atoms with Gasteiger partial charge < -0.3 is 0 Å². The van der Waals surface area contributed by atoms with Crippen LogP contribution >= 0.6 is 0 Å². The molecule has 1 aliphatic heterocycles. The van der Waals surface area contributed by atoms with E-state index in [1.807, 2.05) is 6.07 Å². The van der Waals surface area contributed by atoms with E-state index < -0.39 is 5.41 Å². The molecule has 3 aromatic carbocycles. The van der Waals surface area contributed by atoms with E-state index in [1.165, 1.54) is 61.1 Å². The fraction of sp³-hybridized carbons (Fsp3) is 0.364. The van der Waals surface area contributed by atoms with E-state index in [0.29, 0.717) is 0 Å². The summed E-state index contributed by atoms with van der Waals surface area (Å²) in [4.78, 5) is 0. The molecule has 7 rings (SSSR count). The maximum absolute atomic E-state index is 16.3. The second-order valence-corrected chi connectivity index (χ2v) is 14.7. The molecule has 0 amide bonds. The van der Waals surface area contributed by atoms with Gasteiger partial charge in [0.1, 0.15) is 12.9 Å². The van der Waals surface area contributed by atoms with Gasteiger partial charge >= 0.3 is 0 Å². The number of aryl methyl sites for hydroxylation is 4.